The maximum absolute atomic E-state index is 15.7. The fraction of sp³-hybridized carbons (Fsp3) is 0.451. The SMILES string of the molecule is CC(=O)OC1C(=O)[C@@]2(C)[C@H]([C@H](OC(=O)c3ccccc3)[C@]3(O)[C@H]4O/C=C/CCc5ccccc5C(=O)NC(c5ccccc5)[C@H](O)C(=O)O[C@@H]4C(C)=C1C3(C)C)[C@]1(OC(C)=O)CO[C@@H]1C[C@@H]2O. The van der Waals surface area contributed by atoms with Crippen molar-refractivity contribution in [2.45, 2.75) is 121 Å². The Bertz CT molecular complexity index is 2520. The Balaban J connectivity index is 1.40. The zero-order valence-corrected chi connectivity index (χ0v) is 38.0. The molecular formula is C51H55NO15. The van der Waals surface area contributed by atoms with Crippen molar-refractivity contribution in [2.24, 2.45) is 16.7 Å². The van der Waals surface area contributed by atoms with Crippen molar-refractivity contribution in [3.05, 3.63) is 131 Å². The van der Waals surface area contributed by atoms with Crippen LogP contribution in [0.5, 0.6) is 0 Å². The first kappa shape index (κ1) is 47.3. The number of amides is 1. The number of aryl methyl sites for hydroxylation is 1. The Morgan fingerprint density at radius 2 is 1.51 bits per heavy atom. The van der Waals surface area contributed by atoms with Crippen molar-refractivity contribution in [2.75, 3.05) is 6.61 Å². The third kappa shape index (κ3) is 7.73. The molecule has 2 heterocycles. The van der Waals surface area contributed by atoms with E-state index in [1.54, 1.807) is 78.9 Å². The molecule has 8 rings (SSSR count). The molecule has 1 amide bonds. The Morgan fingerprint density at radius 3 is 2.15 bits per heavy atom. The fourth-order valence-corrected chi connectivity index (χ4v) is 11.3. The molecule has 2 unspecified atom stereocenters. The third-order valence-corrected chi connectivity index (χ3v) is 14.6. The number of esters is 4. The van der Waals surface area contributed by atoms with Crippen LogP contribution in [-0.4, -0.2) is 111 Å². The molecule has 0 aromatic heterocycles. The lowest BCUT2D eigenvalue weighted by Crippen LogP contribution is -2.83. The first-order chi connectivity index (χ1) is 31.8. The molecule has 2 saturated carbocycles. The van der Waals surface area contributed by atoms with Crippen LogP contribution in [0.4, 0.5) is 0 Å². The molecular weight excluding hydrogens is 867 g/mol. The molecule has 2 bridgehead atoms. The van der Waals surface area contributed by atoms with Crippen LogP contribution in [0.2, 0.25) is 0 Å². The molecule has 2 aliphatic heterocycles. The van der Waals surface area contributed by atoms with Gasteiger partial charge in [0.15, 0.2) is 41.4 Å². The molecule has 3 aromatic rings. The Hall–Kier alpha value is -6.20. The first-order valence-corrected chi connectivity index (χ1v) is 22.3. The summed E-state index contributed by atoms with van der Waals surface area (Å²) in [6.45, 7) is 7.80. The smallest absolute Gasteiger partial charge is 0.338 e. The monoisotopic (exact) mass is 921 g/mol. The quantitative estimate of drug-likeness (QED) is 0.160. The second-order valence-corrected chi connectivity index (χ2v) is 18.7. The van der Waals surface area contributed by atoms with E-state index in [9.17, 15) is 39.3 Å². The standard InChI is InChI=1S/C51H55NO15/c1-27-36-40(64-28(2)53)42(57)49(6)34(55)25-35-50(26-63-35,67-29(3)54)41(49)44(66-46(59)32-21-11-8-12-22-32)51(61,48(36,4)5)43-39(27)65-47(60)38(56)37(31-19-9-7-10-20-31)52-45(58)33-23-14-13-17-30(33)18-15-16-24-62-43/h7-14,16-17,19-24,34-35,37-41,43-44,55-56,61H,15,18,25-26H2,1-6H3,(H,52,58)/b24-16+/t34-,35+,37?,38-,39+,40?,41-,43-,44-,49+,50-,51+/m0/s1. The van der Waals surface area contributed by atoms with Gasteiger partial charge in [-0.2, -0.15) is 0 Å². The van der Waals surface area contributed by atoms with Gasteiger partial charge in [0.25, 0.3) is 5.91 Å². The van der Waals surface area contributed by atoms with Crippen molar-refractivity contribution in [3.8, 4) is 0 Å². The summed E-state index contributed by atoms with van der Waals surface area (Å²) in [6, 6.07) is 21.5. The molecule has 3 aliphatic carbocycles. The average Bonchev–Trinajstić information content (AvgIpc) is 3.29. The zero-order valence-electron chi connectivity index (χ0n) is 38.0. The van der Waals surface area contributed by atoms with Crippen LogP contribution in [0.3, 0.4) is 0 Å². The lowest BCUT2D eigenvalue weighted by Gasteiger charge is -2.68. The highest BCUT2D eigenvalue weighted by Crippen LogP contribution is 2.65. The number of hydrogen-bond acceptors (Lipinski definition) is 15. The van der Waals surface area contributed by atoms with Gasteiger partial charge in [-0.25, -0.2) is 9.59 Å². The molecule has 3 fully saturated rings. The molecule has 0 radical (unpaired) electrons. The number of aliphatic hydroxyl groups excluding tert-OH is 2. The number of fused-ring (bicyclic) bond motifs is 8. The highest BCUT2D eigenvalue weighted by Gasteiger charge is 2.80. The largest absolute Gasteiger partial charge is 0.491 e. The summed E-state index contributed by atoms with van der Waals surface area (Å²) in [7, 11) is 0. The van der Waals surface area contributed by atoms with Gasteiger partial charge in [-0.1, -0.05) is 80.6 Å². The highest BCUT2D eigenvalue weighted by molar-refractivity contribution is 5.97. The fourth-order valence-electron chi connectivity index (χ4n) is 11.3. The number of aliphatic hydroxyl groups is 3. The third-order valence-electron chi connectivity index (χ3n) is 14.6. The number of hydrogen-bond donors (Lipinski definition) is 4. The predicted molar refractivity (Wildman–Crippen MR) is 235 cm³/mol. The van der Waals surface area contributed by atoms with Crippen LogP contribution in [0, 0.1) is 16.7 Å². The van der Waals surface area contributed by atoms with Crippen molar-refractivity contribution in [1.29, 1.82) is 0 Å². The van der Waals surface area contributed by atoms with Gasteiger partial charge in [0.1, 0.15) is 12.2 Å². The Kier molecular flexibility index (Phi) is 12.6. The normalized spacial score (nSPS) is 35.2. The maximum Gasteiger partial charge on any atom is 0.338 e. The van der Waals surface area contributed by atoms with E-state index >= 15 is 4.79 Å². The van der Waals surface area contributed by atoms with Crippen LogP contribution < -0.4 is 5.32 Å². The lowest BCUT2D eigenvalue weighted by atomic mass is 9.44. The van der Waals surface area contributed by atoms with Gasteiger partial charge >= 0.3 is 23.9 Å². The van der Waals surface area contributed by atoms with E-state index in [2.05, 4.69) is 5.32 Å². The highest BCUT2D eigenvalue weighted by atomic mass is 16.6. The Morgan fingerprint density at radius 1 is 0.851 bits per heavy atom. The summed E-state index contributed by atoms with van der Waals surface area (Å²) >= 11 is 0. The minimum absolute atomic E-state index is 0.0297. The van der Waals surface area contributed by atoms with E-state index in [4.69, 9.17) is 28.4 Å². The summed E-state index contributed by atoms with van der Waals surface area (Å²) in [6.07, 6.45) is -9.04. The topological polar surface area (TPSA) is 231 Å². The van der Waals surface area contributed by atoms with Crippen molar-refractivity contribution in [1.82, 2.24) is 5.32 Å². The van der Waals surface area contributed by atoms with E-state index in [0.29, 0.717) is 23.1 Å². The van der Waals surface area contributed by atoms with Gasteiger partial charge in [-0.15, -0.1) is 0 Å². The van der Waals surface area contributed by atoms with Gasteiger partial charge in [0, 0.05) is 31.2 Å². The van der Waals surface area contributed by atoms with Crippen LogP contribution in [-0.2, 0) is 54.0 Å². The van der Waals surface area contributed by atoms with Gasteiger partial charge in [-0.05, 0) is 73.2 Å². The summed E-state index contributed by atoms with van der Waals surface area (Å²) in [4.78, 5) is 85.6. The van der Waals surface area contributed by atoms with Gasteiger partial charge in [0.05, 0.1) is 41.9 Å². The molecule has 0 spiro atoms. The van der Waals surface area contributed by atoms with Crippen molar-refractivity contribution in [3.63, 3.8) is 0 Å². The molecule has 16 heteroatoms. The number of carbonyl (C=O) groups excluding carboxylic acids is 6. The number of carbonyl (C=O) groups is 6. The average molecular weight is 922 g/mol. The number of ether oxygens (including phenoxy) is 6. The maximum atomic E-state index is 15.7. The first-order valence-electron chi connectivity index (χ1n) is 22.3. The summed E-state index contributed by atoms with van der Waals surface area (Å²) < 4.78 is 37.5. The number of rotatable bonds is 5. The number of Topliss-reactive ketones (excluding diaryl/α,β-unsaturated/α-hetero) is 1. The minimum Gasteiger partial charge on any atom is -0.491 e. The van der Waals surface area contributed by atoms with E-state index in [1.807, 2.05) is 0 Å². The Labute approximate surface area is 387 Å². The minimum atomic E-state index is -2.70. The van der Waals surface area contributed by atoms with Crippen LogP contribution in [0.15, 0.2) is 108 Å². The van der Waals surface area contributed by atoms with Crippen molar-refractivity contribution >= 4 is 35.6 Å². The zero-order chi connectivity index (χ0) is 48.2. The molecule has 12 atom stereocenters. The van der Waals surface area contributed by atoms with Gasteiger partial charge < -0.3 is 49.1 Å². The number of ketones is 1. The predicted octanol–water partition coefficient (Wildman–Crippen LogP) is 4.19. The van der Waals surface area contributed by atoms with Gasteiger partial charge in [-0.3, -0.25) is 19.2 Å². The molecule has 354 valence electrons. The van der Waals surface area contributed by atoms with E-state index in [1.165, 1.54) is 46.1 Å². The molecule has 16 nitrogen and oxygen atoms in total. The second kappa shape index (κ2) is 17.8. The summed E-state index contributed by atoms with van der Waals surface area (Å²) in [5.41, 5.74) is -7.27. The van der Waals surface area contributed by atoms with Crippen LogP contribution in [0.1, 0.15) is 92.3 Å². The van der Waals surface area contributed by atoms with E-state index < -0.39 is 112 Å². The van der Waals surface area contributed by atoms with Crippen molar-refractivity contribution < 1.29 is 72.5 Å². The molecule has 1 saturated heterocycles. The van der Waals surface area contributed by atoms with Gasteiger partial charge in [0.2, 0.25) is 0 Å². The van der Waals surface area contributed by atoms with Crippen LogP contribution in [0.25, 0.3) is 0 Å². The molecule has 3 aromatic carbocycles. The number of allylic oxidation sites excluding steroid dienone is 1. The summed E-state index contributed by atoms with van der Waals surface area (Å²) in [5, 5.41) is 41.5. The van der Waals surface area contributed by atoms with E-state index in [0.717, 1.165) is 13.8 Å². The molecule has 5 aliphatic rings. The number of benzene rings is 3. The number of nitrogens with one attached hydrogen (secondary N) is 1. The van der Waals surface area contributed by atoms with Crippen LogP contribution >= 0.6 is 0 Å². The molecule has 4 N–H and O–H groups in total. The lowest BCUT2D eigenvalue weighted by molar-refractivity contribution is -0.352. The summed E-state index contributed by atoms with van der Waals surface area (Å²) in [5.74, 6) is -7.16. The molecule has 67 heavy (non-hydrogen) atoms. The van der Waals surface area contributed by atoms with E-state index in [-0.39, 0.29) is 36.2 Å². The second-order valence-electron chi connectivity index (χ2n) is 18.7.